The van der Waals surface area contributed by atoms with Gasteiger partial charge in [-0.1, -0.05) is 17.7 Å². The maximum atomic E-state index is 11.6. The number of halogens is 1. The maximum absolute atomic E-state index is 11.6. The molecule has 1 heterocycles. The molecule has 19 heavy (non-hydrogen) atoms. The first-order valence-electron chi connectivity index (χ1n) is 5.89. The number of pyridine rings is 1. The minimum atomic E-state index is -0.498. The lowest BCUT2D eigenvalue weighted by atomic mass is 10.1. The molecule has 4 nitrogen and oxygen atoms in total. The smallest absolute Gasteiger partial charge is 0.356 e. The van der Waals surface area contributed by atoms with Gasteiger partial charge in [0.15, 0.2) is 5.69 Å². The van der Waals surface area contributed by atoms with E-state index in [-0.39, 0.29) is 5.69 Å². The van der Waals surface area contributed by atoms with Gasteiger partial charge in [-0.2, -0.15) is 0 Å². The molecule has 0 aliphatic heterocycles. The molecule has 0 atom stereocenters. The maximum Gasteiger partial charge on any atom is 0.356 e. The van der Waals surface area contributed by atoms with E-state index >= 15 is 0 Å². The van der Waals surface area contributed by atoms with Crippen LogP contribution in [0.2, 0.25) is 5.02 Å². The second kappa shape index (κ2) is 5.45. The number of hydrogen-bond donors (Lipinski definition) is 0. The Labute approximate surface area is 116 Å². The summed E-state index contributed by atoms with van der Waals surface area (Å²) < 4.78 is 10.3. The van der Waals surface area contributed by atoms with Crippen LogP contribution < -0.4 is 4.74 Å². The fourth-order valence-corrected chi connectivity index (χ4v) is 2.12. The van der Waals surface area contributed by atoms with Crippen molar-refractivity contribution in [1.82, 2.24) is 4.98 Å². The minimum Gasteiger partial charge on any atom is -0.493 e. The zero-order valence-corrected chi connectivity index (χ0v) is 11.7. The molecule has 0 aliphatic carbocycles. The van der Waals surface area contributed by atoms with Gasteiger partial charge in [0.25, 0.3) is 0 Å². The summed E-state index contributed by atoms with van der Waals surface area (Å²) in [5.74, 6) is 0.0452. The van der Waals surface area contributed by atoms with Gasteiger partial charge >= 0.3 is 5.97 Å². The van der Waals surface area contributed by atoms with Crippen molar-refractivity contribution in [2.45, 2.75) is 13.8 Å². The van der Waals surface area contributed by atoms with Crippen LogP contribution in [0.25, 0.3) is 10.9 Å². The van der Waals surface area contributed by atoms with Gasteiger partial charge in [0.05, 0.1) is 29.6 Å². The third-order valence-electron chi connectivity index (χ3n) is 2.77. The van der Waals surface area contributed by atoms with Crippen molar-refractivity contribution in [3.05, 3.63) is 34.5 Å². The van der Waals surface area contributed by atoms with Gasteiger partial charge in [-0.15, -0.1) is 0 Å². The van der Waals surface area contributed by atoms with Gasteiger partial charge in [0.2, 0.25) is 0 Å². The van der Waals surface area contributed by atoms with Crippen molar-refractivity contribution in [2.75, 3.05) is 13.7 Å². The zero-order chi connectivity index (χ0) is 14.0. The summed E-state index contributed by atoms with van der Waals surface area (Å²) >= 11 is 6.20. The highest BCUT2D eigenvalue weighted by atomic mass is 35.5. The fraction of sp³-hybridized carbons (Fsp3) is 0.286. The van der Waals surface area contributed by atoms with Crippen LogP contribution >= 0.6 is 11.6 Å². The van der Waals surface area contributed by atoms with Crippen molar-refractivity contribution in [1.29, 1.82) is 0 Å². The molecule has 5 heteroatoms. The molecule has 2 aromatic rings. The molecule has 1 aromatic heterocycles. The standard InChI is InChI=1S/C14H14ClNO3/c1-4-19-11-7-10(14(17)18-3)16-13-8(2)5-6-9(15)12(11)13/h5-7H,4H2,1-3H3. The van der Waals surface area contributed by atoms with Crippen LogP contribution in [0.5, 0.6) is 5.75 Å². The van der Waals surface area contributed by atoms with E-state index in [1.807, 2.05) is 19.9 Å². The van der Waals surface area contributed by atoms with Crippen LogP contribution in [0, 0.1) is 6.92 Å². The first kappa shape index (κ1) is 13.6. The molecule has 0 N–H and O–H groups in total. The lowest BCUT2D eigenvalue weighted by molar-refractivity contribution is 0.0594. The van der Waals surface area contributed by atoms with E-state index in [2.05, 4.69) is 4.98 Å². The van der Waals surface area contributed by atoms with Gasteiger partial charge in [-0.25, -0.2) is 9.78 Å². The summed E-state index contributed by atoms with van der Waals surface area (Å²) in [5, 5.41) is 1.27. The van der Waals surface area contributed by atoms with Gasteiger partial charge in [0, 0.05) is 6.07 Å². The highest BCUT2D eigenvalue weighted by molar-refractivity contribution is 6.36. The number of hydrogen-bond acceptors (Lipinski definition) is 4. The third-order valence-corrected chi connectivity index (χ3v) is 3.08. The number of benzene rings is 1. The number of fused-ring (bicyclic) bond motifs is 1. The summed E-state index contributed by atoms with van der Waals surface area (Å²) in [7, 11) is 1.32. The Hall–Kier alpha value is -1.81. The van der Waals surface area contributed by atoms with E-state index < -0.39 is 5.97 Å². The number of nitrogens with zero attached hydrogens (tertiary/aromatic N) is 1. The van der Waals surface area contributed by atoms with E-state index in [1.165, 1.54) is 7.11 Å². The monoisotopic (exact) mass is 279 g/mol. The van der Waals surface area contributed by atoms with Crippen LogP contribution in [0.3, 0.4) is 0 Å². The average Bonchev–Trinajstić information content (AvgIpc) is 2.42. The topological polar surface area (TPSA) is 48.4 Å². The lowest BCUT2D eigenvalue weighted by Crippen LogP contribution is -2.06. The van der Waals surface area contributed by atoms with Crippen LogP contribution in [0.4, 0.5) is 0 Å². The molecule has 0 aliphatic rings. The van der Waals surface area contributed by atoms with Crippen molar-refractivity contribution in [3.63, 3.8) is 0 Å². The van der Waals surface area contributed by atoms with E-state index in [0.717, 1.165) is 10.9 Å². The van der Waals surface area contributed by atoms with E-state index in [1.54, 1.807) is 12.1 Å². The Bertz CT molecular complexity index is 640. The summed E-state index contributed by atoms with van der Waals surface area (Å²) in [6.07, 6.45) is 0. The molecule has 100 valence electrons. The lowest BCUT2D eigenvalue weighted by Gasteiger charge is -2.12. The number of methoxy groups -OCH3 is 1. The van der Waals surface area contributed by atoms with Crippen LogP contribution in [0.15, 0.2) is 18.2 Å². The molecule has 0 fully saturated rings. The third kappa shape index (κ3) is 2.49. The second-order valence-corrected chi connectivity index (χ2v) is 4.43. The molecule has 2 rings (SSSR count). The molecule has 0 saturated carbocycles. The minimum absolute atomic E-state index is 0.212. The number of esters is 1. The van der Waals surface area contributed by atoms with Crippen molar-refractivity contribution < 1.29 is 14.3 Å². The number of aromatic nitrogens is 1. The average molecular weight is 280 g/mol. The summed E-state index contributed by atoms with van der Waals surface area (Å²) in [5.41, 5.74) is 1.79. The quantitative estimate of drug-likeness (QED) is 0.808. The Morgan fingerprint density at radius 3 is 2.79 bits per heavy atom. The normalized spacial score (nSPS) is 10.5. The summed E-state index contributed by atoms with van der Waals surface area (Å²) in [6, 6.07) is 5.21. The van der Waals surface area contributed by atoms with Crippen molar-refractivity contribution in [3.8, 4) is 5.75 Å². The van der Waals surface area contributed by atoms with Crippen LogP contribution in [-0.2, 0) is 4.74 Å². The summed E-state index contributed by atoms with van der Waals surface area (Å²) in [4.78, 5) is 15.9. The molecule has 0 radical (unpaired) electrons. The predicted molar refractivity (Wildman–Crippen MR) is 74.0 cm³/mol. The molecule has 0 spiro atoms. The van der Waals surface area contributed by atoms with Crippen LogP contribution in [-0.4, -0.2) is 24.7 Å². The fourth-order valence-electron chi connectivity index (χ4n) is 1.88. The van der Waals surface area contributed by atoms with Gasteiger partial charge < -0.3 is 9.47 Å². The molecular formula is C14H14ClNO3. The largest absolute Gasteiger partial charge is 0.493 e. The number of ether oxygens (including phenoxy) is 2. The van der Waals surface area contributed by atoms with Gasteiger partial charge in [-0.05, 0) is 25.5 Å². The Balaban J connectivity index is 2.79. The van der Waals surface area contributed by atoms with Gasteiger partial charge in [0.1, 0.15) is 5.75 Å². The van der Waals surface area contributed by atoms with E-state index in [9.17, 15) is 4.79 Å². The zero-order valence-electron chi connectivity index (χ0n) is 11.0. The van der Waals surface area contributed by atoms with Crippen LogP contribution in [0.1, 0.15) is 23.0 Å². The second-order valence-electron chi connectivity index (χ2n) is 4.02. The van der Waals surface area contributed by atoms with Crippen molar-refractivity contribution in [2.24, 2.45) is 0 Å². The Kier molecular flexibility index (Phi) is 3.90. The highest BCUT2D eigenvalue weighted by Gasteiger charge is 2.16. The molecule has 1 aromatic carbocycles. The molecule has 0 unspecified atom stereocenters. The summed E-state index contributed by atoms with van der Waals surface area (Å²) in [6.45, 7) is 4.25. The number of carbonyl (C=O) groups excluding carboxylic acids is 1. The predicted octanol–water partition coefficient (Wildman–Crippen LogP) is 3.38. The van der Waals surface area contributed by atoms with E-state index in [4.69, 9.17) is 21.1 Å². The number of carbonyl (C=O) groups is 1. The molecule has 0 saturated heterocycles. The molecule has 0 amide bonds. The SMILES string of the molecule is CCOc1cc(C(=O)OC)nc2c(C)ccc(Cl)c12. The van der Waals surface area contributed by atoms with E-state index in [0.29, 0.717) is 22.9 Å². The highest BCUT2D eigenvalue weighted by Crippen LogP contribution is 2.33. The molecular weight excluding hydrogens is 266 g/mol. The first-order valence-corrected chi connectivity index (χ1v) is 6.27. The van der Waals surface area contributed by atoms with Crippen molar-refractivity contribution >= 4 is 28.5 Å². The number of aryl methyl sites for hydroxylation is 1. The Morgan fingerprint density at radius 2 is 2.16 bits per heavy atom. The number of rotatable bonds is 3. The molecule has 0 bridgehead atoms. The van der Waals surface area contributed by atoms with Gasteiger partial charge in [-0.3, -0.25) is 0 Å². The first-order chi connectivity index (χ1) is 9.08. The Morgan fingerprint density at radius 1 is 1.42 bits per heavy atom.